The van der Waals surface area contributed by atoms with Crippen LogP contribution in [0.1, 0.15) is 72.0 Å². The van der Waals surface area contributed by atoms with Crippen molar-refractivity contribution in [1.82, 2.24) is 0 Å². The largest absolute Gasteiger partial charge is 0.462 e. The standard InChI is InChI=1S/C32H43BrO4Si/c1-7-34-31(35-8-2)30-28(29(33)24-36-30)21-15-16-25(3)22-23-37-38(32(4,5)6,26-17-11-9-12-18-26)27-19-13-10-14-20-27/h9-14,17-20,22,24,31H,7-8,15-16,21,23H2,1-6H3/b25-22+. The summed E-state index contributed by atoms with van der Waals surface area (Å²) in [6, 6.07) is 21.6. The summed E-state index contributed by atoms with van der Waals surface area (Å²) in [7, 11) is -2.53. The molecule has 0 unspecified atom stereocenters. The van der Waals surface area contributed by atoms with E-state index < -0.39 is 14.6 Å². The lowest BCUT2D eigenvalue weighted by Gasteiger charge is -2.42. The summed E-state index contributed by atoms with van der Waals surface area (Å²) in [6.07, 6.45) is 6.38. The normalized spacial score (nSPS) is 12.9. The molecule has 0 fully saturated rings. The molecule has 3 rings (SSSR count). The van der Waals surface area contributed by atoms with Gasteiger partial charge in [-0.05, 0) is 71.4 Å². The summed E-state index contributed by atoms with van der Waals surface area (Å²) < 4.78 is 25.3. The minimum absolute atomic E-state index is 0.0287. The van der Waals surface area contributed by atoms with E-state index in [1.54, 1.807) is 6.26 Å². The molecule has 0 bridgehead atoms. The van der Waals surface area contributed by atoms with Crippen molar-refractivity contribution in [3.63, 3.8) is 0 Å². The van der Waals surface area contributed by atoms with Gasteiger partial charge in [0, 0.05) is 18.8 Å². The van der Waals surface area contributed by atoms with Crippen molar-refractivity contribution >= 4 is 34.6 Å². The van der Waals surface area contributed by atoms with Gasteiger partial charge in [-0.3, -0.25) is 0 Å². The number of benzene rings is 2. The molecule has 2 aromatic carbocycles. The van der Waals surface area contributed by atoms with E-state index in [9.17, 15) is 0 Å². The Kier molecular flexibility index (Phi) is 11.6. The maximum atomic E-state index is 7.02. The first-order chi connectivity index (χ1) is 18.2. The average molecular weight is 600 g/mol. The molecule has 38 heavy (non-hydrogen) atoms. The summed E-state index contributed by atoms with van der Waals surface area (Å²) >= 11 is 3.65. The Balaban J connectivity index is 1.72. The second-order valence-corrected chi connectivity index (χ2v) is 15.7. The average Bonchev–Trinajstić information content (AvgIpc) is 3.27. The van der Waals surface area contributed by atoms with Gasteiger partial charge in [0.25, 0.3) is 8.32 Å². The first-order valence-corrected chi connectivity index (χ1v) is 16.3. The van der Waals surface area contributed by atoms with E-state index >= 15 is 0 Å². The van der Waals surface area contributed by atoms with Crippen LogP contribution in [-0.4, -0.2) is 28.1 Å². The number of halogens is 1. The third-order valence-electron chi connectivity index (χ3n) is 6.87. The van der Waals surface area contributed by atoms with Gasteiger partial charge in [0.2, 0.25) is 6.29 Å². The maximum Gasteiger partial charge on any atom is 0.261 e. The lowest BCUT2D eigenvalue weighted by atomic mass is 10.0. The number of hydrogen-bond donors (Lipinski definition) is 0. The highest BCUT2D eigenvalue weighted by Gasteiger charge is 2.49. The molecule has 0 radical (unpaired) electrons. The van der Waals surface area contributed by atoms with Gasteiger partial charge in [-0.1, -0.05) is 93.1 Å². The molecule has 0 atom stereocenters. The number of rotatable bonds is 14. The smallest absolute Gasteiger partial charge is 0.261 e. The molecule has 0 aliphatic carbocycles. The predicted molar refractivity (Wildman–Crippen MR) is 163 cm³/mol. The van der Waals surface area contributed by atoms with E-state index in [4.69, 9.17) is 18.3 Å². The van der Waals surface area contributed by atoms with Crippen molar-refractivity contribution in [2.75, 3.05) is 19.8 Å². The fraction of sp³-hybridized carbons (Fsp3) is 0.438. The predicted octanol–water partition coefficient (Wildman–Crippen LogP) is 7.96. The number of ether oxygens (including phenoxy) is 2. The van der Waals surface area contributed by atoms with E-state index in [1.807, 2.05) is 13.8 Å². The van der Waals surface area contributed by atoms with Crippen LogP contribution in [0.2, 0.25) is 5.04 Å². The third kappa shape index (κ3) is 7.36. The molecule has 6 heteroatoms. The Labute approximate surface area is 238 Å². The van der Waals surface area contributed by atoms with Crippen molar-refractivity contribution in [2.24, 2.45) is 0 Å². The van der Waals surface area contributed by atoms with Crippen LogP contribution in [-0.2, 0) is 20.3 Å². The van der Waals surface area contributed by atoms with Crippen molar-refractivity contribution in [3.8, 4) is 0 Å². The van der Waals surface area contributed by atoms with Crippen LogP contribution < -0.4 is 10.4 Å². The second-order valence-electron chi connectivity index (χ2n) is 10.5. The maximum absolute atomic E-state index is 7.02. The fourth-order valence-electron chi connectivity index (χ4n) is 5.03. The van der Waals surface area contributed by atoms with Crippen LogP contribution in [0.4, 0.5) is 0 Å². The number of hydrogen-bond acceptors (Lipinski definition) is 4. The zero-order chi connectivity index (χ0) is 27.6. The van der Waals surface area contributed by atoms with Crippen LogP contribution in [0.15, 0.2) is 87.5 Å². The molecule has 0 amide bonds. The zero-order valence-corrected chi connectivity index (χ0v) is 26.3. The molecule has 3 aromatic rings. The zero-order valence-electron chi connectivity index (χ0n) is 23.8. The lowest BCUT2D eigenvalue weighted by Crippen LogP contribution is -2.66. The van der Waals surface area contributed by atoms with Crippen molar-refractivity contribution in [3.05, 3.63) is 94.4 Å². The first kappa shape index (κ1) is 30.6. The minimum Gasteiger partial charge on any atom is -0.462 e. The van der Waals surface area contributed by atoms with Gasteiger partial charge in [-0.2, -0.15) is 0 Å². The van der Waals surface area contributed by atoms with Crippen molar-refractivity contribution in [1.29, 1.82) is 0 Å². The highest BCUT2D eigenvalue weighted by Crippen LogP contribution is 2.37. The van der Waals surface area contributed by atoms with Gasteiger partial charge >= 0.3 is 0 Å². The fourth-order valence-corrected chi connectivity index (χ4v) is 10.0. The molecule has 1 heterocycles. The topological polar surface area (TPSA) is 40.8 Å². The van der Waals surface area contributed by atoms with Crippen LogP contribution in [0.3, 0.4) is 0 Å². The molecule has 1 aromatic heterocycles. The number of allylic oxidation sites excluding steroid dienone is 1. The quantitative estimate of drug-likeness (QED) is 0.107. The van der Waals surface area contributed by atoms with Crippen molar-refractivity contribution < 1.29 is 18.3 Å². The molecule has 0 saturated carbocycles. The van der Waals surface area contributed by atoms with E-state index in [-0.39, 0.29) is 5.04 Å². The highest BCUT2D eigenvalue weighted by atomic mass is 79.9. The van der Waals surface area contributed by atoms with Crippen molar-refractivity contribution in [2.45, 2.75) is 72.1 Å². The van der Waals surface area contributed by atoms with Gasteiger partial charge < -0.3 is 18.3 Å². The van der Waals surface area contributed by atoms with Crippen LogP contribution in [0.5, 0.6) is 0 Å². The molecule has 0 aliphatic rings. The molecule has 206 valence electrons. The summed E-state index contributed by atoms with van der Waals surface area (Å²) in [5.41, 5.74) is 2.45. The molecule has 4 nitrogen and oxygen atoms in total. The lowest BCUT2D eigenvalue weighted by molar-refractivity contribution is -0.151. The second kappa shape index (κ2) is 14.4. The van der Waals surface area contributed by atoms with Gasteiger partial charge in [-0.25, -0.2) is 0 Å². The number of furan rings is 1. The molecule has 0 aliphatic heterocycles. The Hall–Kier alpha value is -1.96. The summed E-state index contributed by atoms with van der Waals surface area (Å²) in [6.45, 7) is 14.8. The highest BCUT2D eigenvalue weighted by molar-refractivity contribution is 9.10. The Morgan fingerprint density at radius 3 is 2.00 bits per heavy atom. The summed E-state index contributed by atoms with van der Waals surface area (Å²) in [5.74, 6) is 0.761. The summed E-state index contributed by atoms with van der Waals surface area (Å²) in [4.78, 5) is 0. The Bertz CT molecular complexity index is 1090. The van der Waals surface area contributed by atoms with E-state index in [0.717, 1.165) is 35.1 Å². The van der Waals surface area contributed by atoms with E-state index in [2.05, 4.69) is 110 Å². The first-order valence-electron chi connectivity index (χ1n) is 13.6. The van der Waals surface area contributed by atoms with Crippen LogP contribution >= 0.6 is 15.9 Å². The van der Waals surface area contributed by atoms with Gasteiger partial charge in [0.1, 0.15) is 6.26 Å². The molecular weight excluding hydrogens is 556 g/mol. The van der Waals surface area contributed by atoms with Crippen LogP contribution in [0, 0.1) is 0 Å². The van der Waals surface area contributed by atoms with E-state index in [1.165, 1.54) is 15.9 Å². The Morgan fingerprint density at radius 2 is 1.50 bits per heavy atom. The van der Waals surface area contributed by atoms with Gasteiger partial charge in [-0.15, -0.1) is 0 Å². The molecule has 0 N–H and O–H groups in total. The van der Waals surface area contributed by atoms with E-state index in [0.29, 0.717) is 19.8 Å². The van der Waals surface area contributed by atoms with Crippen LogP contribution in [0.25, 0.3) is 0 Å². The van der Waals surface area contributed by atoms with Gasteiger partial charge in [0.05, 0.1) is 11.1 Å². The Morgan fingerprint density at radius 1 is 0.947 bits per heavy atom. The molecular formula is C32H43BrO4Si. The SMILES string of the molecule is CCOC(OCC)c1occ(Br)c1CCC/C(C)=C/CO[Si](c1ccccc1)(c1ccccc1)C(C)(C)C. The van der Waals surface area contributed by atoms with Gasteiger partial charge in [0.15, 0.2) is 5.76 Å². The molecule has 0 spiro atoms. The monoisotopic (exact) mass is 598 g/mol. The third-order valence-corrected chi connectivity index (χ3v) is 12.5. The molecule has 0 saturated heterocycles. The minimum atomic E-state index is -2.53. The summed E-state index contributed by atoms with van der Waals surface area (Å²) in [5, 5.41) is 2.58.